The number of nitrogen functional groups attached to an aromatic ring is 1. The molecule has 0 radical (unpaired) electrons. The van der Waals surface area contributed by atoms with Gasteiger partial charge >= 0.3 is 0 Å². The highest BCUT2D eigenvalue weighted by Crippen LogP contribution is 2.39. The highest BCUT2D eigenvalue weighted by atomic mass is 79.9. The van der Waals surface area contributed by atoms with Crippen LogP contribution in [0.3, 0.4) is 0 Å². The second-order valence-electron chi connectivity index (χ2n) is 3.35. The summed E-state index contributed by atoms with van der Waals surface area (Å²) in [5.74, 6) is 0.679. The van der Waals surface area contributed by atoms with Crippen LogP contribution in [0.4, 0.5) is 11.6 Å². The van der Waals surface area contributed by atoms with Crippen molar-refractivity contribution in [3.05, 3.63) is 43.5 Å². The number of benzene rings is 1. The van der Waals surface area contributed by atoms with Gasteiger partial charge in [-0.25, -0.2) is 4.98 Å². The van der Waals surface area contributed by atoms with E-state index in [4.69, 9.17) is 10.5 Å². The second-order valence-corrected chi connectivity index (χ2v) is 5.06. The summed E-state index contributed by atoms with van der Waals surface area (Å²) in [5, 5.41) is 10.7. The quantitative estimate of drug-likeness (QED) is 0.637. The molecule has 7 nitrogen and oxygen atoms in total. The molecule has 0 saturated carbocycles. The van der Waals surface area contributed by atoms with E-state index in [-0.39, 0.29) is 17.5 Å². The molecule has 1 heterocycles. The molecule has 2 rings (SSSR count). The van der Waals surface area contributed by atoms with Crippen LogP contribution in [0, 0.1) is 10.1 Å². The van der Waals surface area contributed by atoms with Crippen molar-refractivity contribution in [2.45, 2.75) is 0 Å². The summed E-state index contributed by atoms with van der Waals surface area (Å²) in [4.78, 5) is 17.8. The van der Waals surface area contributed by atoms with Gasteiger partial charge in [-0.1, -0.05) is 0 Å². The van der Waals surface area contributed by atoms with E-state index in [0.717, 1.165) is 0 Å². The van der Waals surface area contributed by atoms with E-state index in [9.17, 15) is 10.1 Å². The zero-order valence-electron chi connectivity index (χ0n) is 9.21. The van der Waals surface area contributed by atoms with Crippen molar-refractivity contribution < 1.29 is 9.66 Å². The summed E-state index contributed by atoms with van der Waals surface area (Å²) < 4.78 is 6.35. The second kappa shape index (κ2) is 5.49. The molecule has 0 aliphatic heterocycles. The molecule has 2 aromatic rings. The molecule has 0 unspecified atom stereocenters. The first-order valence-electron chi connectivity index (χ1n) is 4.87. The van der Waals surface area contributed by atoms with Gasteiger partial charge in [0.1, 0.15) is 0 Å². The SMILES string of the molecule is Nc1nccc(Oc2c(Br)cc([N+](=O)[O-])cc2Br)n1. The summed E-state index contributed by atoms with van der Waals surface area (Å²) >= 11 is 6.42. The van der Waals surface area contributed by atoms with Gasteiger partial charge in [-0.2, -0.15) is 4.98 Å². The molecule has 0 aliphatic carbocycles. The number of aromatic nitrogens is 2. The molecule has 9 heteroatoms. The maximum Gasteiger partial charge on any atom is 0.271 e. The summed E-state index contributed by atoms with van der Waals surface area (Å²) in [6, 6.07) is 4.20. The van der Waals surface area contributed by atoms with Crippen LogP contribution in [0.1, 0.15) is 0 Å². The topological polar surface area (TPSA) is 104 Å². The van der Waals surface area contributed by atoms with Crippen molar-refractivity contribution in [2.75, 3.05) is 5.73 Å². The third-order valence-electron chi connectivity index (χ3n) is 2.05. The molecule has 1 aromatic heterocycles. The fraction of sp³-hybridized carbons (Fsp3) is 0. The number of nitrogens with zero attached hydrogens (tertiary/aromatic N) is 3. The molecule has 0 amide bonds. The summed E-state index contributed by atoms with van der Waals surface area (Å²) in [7, 11) is 0. The van der Waals surface area contributed by atoms with Crippen LogP contribution in [-0.4, -0.2) is 14.9 Å². The zero-order valence-corrected chi connectivity index (χ0v) is 12.4. The largest absolute Gasteiger partial charge is 0.436 e. The molecular weight excluding hydrogens is 384 g/mol. The van der Waals surface area contributed by atoms with Crippen LogP contribution in [0.2, 0.25) is 0 Å². The fourth-order valence-corrected chi connectivity index (χ4v) is 2.59. The van der Waals surface area contributed by atoms with Gasteiger partial charge in [-0.3, -0.25) is 10.1 Å². The number of ether oxygens (including phenoxy) is 1. The van der Waals surface area contributed by atoms with Crippen molar-refractivity contribution >= 4 is 43.5 Å². The monoisotopic (exact) mass is 388 g/mol. The predicted octanol–water partition coefficient (Wildman–Crippen LogP) is 3.28. The number of nitrogens with two attached hydrogens (primary N) is 1. The Morgan fingerprint density at radius 2 is 1.95 bits per heavy atom. The number of anilines is 1. The lowest BCUT2D eigenvalue weighted by Crippen LogP contribution is -1.97. The third-order valence-corrected chi connectivity index (χ3v) is 3.23. The van der Waals surface area contributed by atoms with Crippen LogP contribution in [0.5, 0.6) is 11.6 Å². The molecule has 98 valence electrons. The Hall–Kier alpha value is -1.74. The first-order valence-corrected chi connectivity index (χ1v) is 6.46. The number of halogens is 2. The van der Waals surface area contributed by atoms with Gasteiger partial charge in [-0.05, 0) is 31.9 Å². The summed E-state index contributed by atoms with van der Waals surface area (Å²) in [6.07, 6.45) is 1.45. The van der Waals surface area contributed by atoms with Gasteiger partial charge in [-0.15, -0.1) is 0 Å². The highest BCUT2D eigenvalue weighted by molar-refractivity contribution is 9.11. The van der Waals surface area contributed by atoms with Gasteiger partial charge in [0.05, 0.1) is 13.9 Å². The minimum absolute atomic E-state index is 0.0618. The lowest BCUT2D eigenvalue weighted by Gasteiger charge is -2.08. The van der Waals surface area contributed by atoms with Gasteiger partial charge in [0, 0.05) is 24.4 Å². The summed E-state index contributed by atoms with van der Waals surface area (Å²) in [5.41, 5.74) is 5.38. The van der Waals surface area contributed by atoms with Gasteiger partial charge < -0.3 is 10.5 Å². The first kappa shape index (κ1) is 13.7. The van der Waals surface area contributed by atoms with Crippen LogP contribution in [0.25, 0.3) is 0 Å². The molecule has 0 atom stereocenters. The zero-order chi connectivity index (χ0) is 14.0. The normalized spacial score (nSPS) is 10.2. The molecule has 1 aromatic carbocycles. The predicted molar refractivity (Wildman–Crippen MR) is 75.0 cm³/mol. The van der Waals surface area contributed by atoms with Gasteiger partial charge in [0.15, 0.2) is 5.75 Å². The summed E-state index contributed by atoms with van der Waals surface area (Å²) in [6.45, 7) is 0. The van der Waals surface area contributed by atoms with Crippen LogP contribution < -0.4 is 10.5 Å². The maximum atomic E-state index is 10.7. The van der Waals surface area contributed by atoms with E-state index in [0.29, 0.717) is 14.7 Å². The van der Waals surface area contributed by atoms with Crippen molar-refractivity contribution in [1.82, 2.24) is 9.97 Å². The van der Waals surface area contributed by atoms with Gasteiger partial charge in [0.2, 0.25) is 11.8 Å². The smallest absolute Gasteiger partial charge is 0.271 e. The van der Waals surface area contributed by atoms with Crippen molar-refractivity contribution in [3.8, 4) is 11.6 Å². The van der Waals surface area contributed by atoms with E-state index in [1.54, 1.807) is 0 Å². The van der Waals surface area contributed by atoms with Gasteiger partial charge in [0.25, 0.3) is 5.69 Å². The van der Waals surface area contributed by atoms with E-state index >= 15 is 0 Å². The molecular formula is C10H6Br2N4O3. The van der Waals surface area contributed by atoms with E-state index in [1.165, 1.54) is 24.4 Å². The highest BCUT2D eigenvalue weighted by Gasteiger charge is 2.16. The number of non-ortho nitro benzene ring substituents is 1. The molecule has 2 N–H and O–H groups in total. The van der Waals surface area contributed by atoms with E-state index in [1.807, 2.05) is 0 Å². The Morgan fingerprint density at radius 3 is 2.47 bits per heavy atom. The molecule has 0 spiro atoms. The first-order chi connectivity index (χ1) is 8.97. The standard InChI is InChI=1S/C10H6Br2N4O3/c11-6-3-5(16(17)18)4-7(12)9(6)19-8-1-2-14-10(13)15-8/h1-4H,(H2,13,14,15). The molecule has 0 saturated heterocycles. The average Bonchev–Trinajstić information content (AvgIpc) is 2.33. The van der Waals surface area contributed by atoms with Crippen molar-refractivity contribution in [2.24, 2.45) is 0 Å². The minimum atomic E-state index is -0.498. The Labute approximate surface area is 124 Å². The lowest BCUT2D eigenvalue weighted by molar-refractivity contribution is -0.385. The Kier molecular flexibility index (Phi) is 3.96. The number of hydrogen-bond acceptors (Lipinski definition) is 6. The Morgan fingerprint density at radius 1 is 1.32 bits per heavy atom. The number of rotatable bonds is 3. The molecule has 0 aliphatic rings. The fourth-order valence-electron chi connectivity index (χ4n) is 1.27. The molecule has 0 bridgehead atoms. The maximum absolute atomic E-state index is 10.7. The molecule has 19 heavy (non-hydrogen) atoms. The average molecular weight is 390 g/mol. The Bertz CT molecular complexity index is 627. The lowest BCUT2D eigenvalue weighted by atomic mass is 10.3. The number of nitro benzene ring substituents is 1. The number of hydrogen-bond donors (Lipinski definition) is 1. The van der Waals surface area contributed by atoms with Crippen LogP contribution >= 0.6 is 31.9 Å². The van der Waals surface area contributed by atoms with Crippen molar-refractivity contribution in [3.63, 3.8) is 0 Å². The van der Waals surface area contributed by atoms with E-state index in [2.05, 4.69) is 41.8 Å². The van der Waals surface area contributed by atoms with Crippen LogP contribution in [-0.2, 0) is 0 Å². The van der Waals surface area contributed by atoms with Crippen molar-refractivity contribution in [1.29, 1.82) is 0 Å². The number of nitro groups is 1. The van der Waals surface area contributed by atoms with E-state index < -0.39 is 4.92 Å². The third kappa shape index (κ3) is 3.18. The van der Waals surface area contributed by atoms with Crippen LogP contribution in [0.15, 0.2) is 33.3 Å². The molecule has 0 fully saturated rings. The Balaban J connectivity index is 2.38. The minimum Gasteiger partial charge on any atom is -0.436 e.